The number of thiazole rings is 1. The third-order valence-corrected chi connectivity index (χ3v) is 5.02. The van der Waals surface area contributed by atoms with Gasteiger partial charge in [-0.3, -0.25) is 14.9 Å². The molecule has 0 aliphatic heterocycles. The molecule has 0 bridgehead atoms. The van der Waals surface area contributed by atoms with Crippen LogP contribution in [-0.2, 0) is 20.7 Å². The van der Waals surface area contributed by atoms with Gasteiger partial charge in [-0.2, -0.15) is 0 Å². The number of nitrogens with zero attached hydrogens (tertiary/aromatic N) is 1. The largest absolute Gasteiger partial charge is 0.457 e. The molecule has 8 nitrogen and oxygen atoms in total. The van der Waals surface area contributed by atoms with Crippen LogP contribution in [0.15, 0.2) is 60.0 Å². The van der Waals surface area contributed by atoms with E-state index in [4.69, 9.17) is 9.47 Å². The molecule has 0 saturated carbocycles. The molecule has 1 heterocycles. The van der Waals surface area contributed by atoms with Gasteiger partial charge in [-0.05, 0) is 31.2 Å². The van der Waals surface area contributed by atoms with E-state index in [1.165, 1.54) is 25.3 Å². The molecule has 0 aliphatic carbocycles. The highest BCUT2D eigenvalue weighted by atomic mass is 32.1. The highest BCUT2D eigenvalue weighted by Gasteiger charge is 2.20. The van der Waals surface area contributed by atoms with E-state index in [2.05, 4.69) is 15.6 Å². The number of amides is 3. The zero-order valence-corrected chi connectivity index (χ0v) is 17.8. The molecule has 160 valence electrons. The molecule has 1 atom stereocenters. The summed E-state index contributed by atoms with van der Waals surface area (Å²) in [6.45, 7) is 1.39. The molecule has 0 spiro atoms. The highest BCUT2D eigenvalue weighted by Crippen LogP contribution is 2.29. The second kappa shape index (κ2) is 10.4. The van der Waals surface area contributed by atoms with E-state index >= 15 is 0 Å². The molecular weight excluding hydrogens is 418 g/mol. The fourth-order valence-corrected chi connectivity index (χ4v) is 3.37. The van der Waals surface area contributed by atoms with Crippen molar-refractivity contribution < 1.29 is 23.9 Å². The summed E-state index contributed by atoms with van der Waals surface area (Å²) in [6.07, 6.45) is -1.19. The SMILES string of the molecule is CNC(=O)NC(=O)[C@H](C)OC(=O)Cc1csc(-c2cccc(Oc3ccccc3)c2)n1. The summed E-state index contributed by atoms with van der Waals surface area (Å²) in [7, 11) is 1.38. The first-order valence-corrected chi connectivity index (χ1v) is 10.3. The summed E-state index contributed by atoms with van der Waals surface area (Å²) in [5.41, 5.74) is 1.38. The zero-order valence-electron chi connectivity index (χ0n) is 17.0. The Kier molecular flexibility index (Phi) is 7.34. The van der Waals surface area contributed by atoms with Gasteiger partial charge < -0.3 is 14.8 Å². The number of esters is 1. The Labute approximate surface area is 183 Å². The Morgan fingerprint density at radius 2 is 1.81 bits per heavy atom. The zero-order chi connectivity index (χ0) is 22.2. The van der Waals surface area contributed by atoms with Gasteiger partial charge in [0.1, 0.15) is 16.5 Å². The maximum atomic E-state index is 12.1. The predicted octanol–water partition coefficient (Wildman–Crippen LogP) is 3.53. The highest BCUT2D eigenvalue weighted by molar-refractivity contribution is 7.13. The minimum atomic E-state index is -1.10. The average molecular weight is 439 g/mol. The summed E-state index contributed by atoms with van der Waals surface area (Å²) in [5.74, 6) is 0.0899. The first-order chi connectivity index (χ1) is 14.9. The van der Waals surface area contributed by atoms with Crippen LogP contribution in [0.5, 0.6) is 11.5 Å². The van der Waals surface area contributed by atoms with Crippen LogP contribution in [0.1, 0.15) is 12.6 Å². The first-order valence-electron chi connectivity index (χ1n) is 9.44. The summed E-state index contributed by atoms with van der Waals surface area (Å²) in [6, 6.07) is 16.3. The molecule has 9 heteroatoms. The van der Waals surface area contributed by atoms with Crippen LogP contribution in [0.2, 0.25) is 0 Å². The van der Waals surface area contributed by atoms with Gasteiger partial charge in [0.05, 0.1) is 12.1 Å². The number of nitrogens with one attached hydrogen (secondary N) is 2. The number of carbonyl (C=O) groups is 3. The lowest BCUT2D eigenvalue weighted by molar-refractivity contribution is -0.153. The van der Waals surface area contributed by atoms with Gasteiger partial charge in [0.2, 0.25) is 0 Å². The van der Waals surface area contributed by atoms with Crippen molar-refractivity contribution in [1.29, 1.82) is 0 Å². The van der Waals surface area contributed by atoms with Crippen LogP contribution in [0, 0.1) is 0 Å². The minimum absolute atomic E-state index is 0.0890. The van der Waals surface area contributed by atoms with Crippen LogP contribution in [0.4, 0.5) is 4.79 Å². The number of ether oxygens (including phenoxy) is 2. The first kappa shape index (κ1) is 22.0. The number of aromatic nitrogens is 1. The van der Waals surface area contributed by atoms with Gasteiger partial charge in [0, 0.05) is 18.0 Å². The molecule has 3 rings (SSSR count). The Morgan fingerprint density at radius 1 is 1.06 bits per heavy atom. The summed E-state index contributed by atoms with van der Waals surface area (Å²) >= 11 is 1.39. The normalized spacial score (nSPS) is 11.3. The number of para-hydroxylation sites is 1. The molecule has 0 saturated heterocycles. The van der Waals surface area contributed by atoms with E-state index in [1.54, 1.807) is 5.38 Å². The van der Waals surface area contributed by atoms with E-state index in [-0.39, 0.29) is 6.42 Å². The second-order valence-corrected chi connectivity index (χ2v) is 7.32. The maximum absolute atomic E-state index is 12.1. The lowest BCUT2D eigenvalue weighted by atomic mass is 10.2. The molecule has 31 heavy (non-hydrogen) atoms. The molecular formula is C22H21N3O5S. The maximum Gasteiger partial charge on any atom is 0.321 e. The Bertz CT molecular complexity index is 1070. The van der Waals surface area contributed by atoms with E-state index < -0.39 is 24.0 Å². The number of hydrogen-bond donors (Lipinski definition) is 2. The van der Waals surface area contributed by atoms with E-state index in [0.717, 1.165) is 16.3 Å². The fraction of sp³-hybridized carbons (Fsp3) is 0.182. The topological polar surface area (TPSA) is 107 Å². The quantitative estimate of drug-likeness (QED) is 0.546. The second-order valence-electron chi connectivity index (χ2n) is 6.46. The number of carbonyl (C=O) groups excluding carboxylic acids is 3. The molecule has 2 aromatic carbocycles. The Hall–Kier alpha value is -3.72. The van der Waals surface area contributed by atoms with Crippen molar-refractivity contribution in [3.63, 3.8) is 0 Å². The van der Waals surface area contributed by atoms with Gasteiger partial charge in [-0.25, -0.2) is 9.78 Å². The minimum Gasteiger partial charge on any atom is -0.457 e. The number of benzene rings is 2. The van der Waals surface area contributed by atoms with Crippen molar-refractivity contribution in [3.8, 4) is 22.1 Å². The summed E-state index contributed by atoms with van der Waals surface area (Å²) in [5, 5.41) is 6.79. The van der Waals surface area contributed by atoms with Crippen molar-refractivity contribution in [3.05, 3.63) is 65.7 Å². The van der Waals surface area contributed by atoms with Crippen molar-refractivity contribution >= 4 is 29.2 Å². The fourth-order valence-electron chi connectivity index (χ4n) is 2.55. The number of urea groups is 1. The summed E-state index contributed by atoms with van der Waals surface area (Å²) in [4.78, 5) is 39.6. The van der Waals surface area contributed by atoms with Gasteiger partial charge in [0.15, 0.2) is 6.10 Å². The van der Waals surface area contributed by atoms with Crippen molar-refractivity contribution in [2.75, 3.05) is 7.05 Å². The van der Waals surface area contributed by atoms with Crippen molar-refractivity contribution in [1.82, 2.24) is 15.6 Å². The third-order valence-electron chi connectivity index (χ3n) is 4.08. The van der Waals surface area contributed by atoms with Crippen LogP contribution in [0.25, 0.3) is 10.6 Å². The molecule has 1 aromatic heterocycles. The molecule has 2 N–H and O–H groups in total. The molecule has 0 radical (unpaired) electrons. The monoisotopic (exact) mass is 439 g/mol. The lowest BCUT2D eigenvalue weighted by Gasteiger charge is -2.12. The van der Waals surface area contributed by atoms with Crippen molar-refractivity contribution in [2.24, 2.45) is 0 Å². The smallest absolute Gasteiger partial charge is 0.321 e. The molecule has 0 aliphatic rings. The van der Waals surface area contributed by atoms with Gasteiger partial charge in [0.25, 0.3) is 5.91 Å². The van der Waals surface area contributed by atoms with Gasteiger partial charge in [-0.1, -0.05) is 30.3 Å². The van der Waals surface area contributed by atoms with Gasteiger partial charge >= 0.3 is 12.0 Å². The number of imide groups is 1. The Morgan fingerprint density at radius 3 is 2.55 bits per heavy atom. The van der Waals surface area contributed by atoms with Crippen LogP contribution in [0.3, 0.4) is 0 Å². The van der Waals surface area contributed by atoms with E-state index in [0.29, 0.717) is 11.4 Å². The average Bonchev–Trinajstić information content (AvgIpc) is 3.22. The van der Waals surface area contributed by atoms with Gasteiger partial charge in [-0.15, -0.1) is 11.3 Å². The standard InChI is InChI=1S/C22H21N3O5S/c1-14(20(27)25-22(28)23-2)29-19(26)12-16-13-31-21(24-16)15-7-6-10-18(11-15)30-17-8-4-3-5-9-17/h3-11,13-14H,12H2,1-2H3,(H2,23,25,27,28)/t14-/m0/s1. The molecule has 3 amide bonds. The lowest BCUT2D eigenvalue weighted by Crippen LogP contribution is -2.43. The van der Waals surface area contributed by atoms with Crippen LogP contribution in [-0.4, -0.2) is 36.0 Å². The van der Waals surface area contributed by atoms with E-state index in [1.807, 2.05) is 54.6 Å². The van der Waals surface area contributed by atoms with Crippen molar-refractivity contribution in [2.45, 2.75) is 19.4 Å². The summed E-state index contributed by atoms with van der Waals surface area (Å²) < 4.78 is 10.9. The molecule has 0 unspecified atom stereocenters. The molecule has 0 fully saturated rings. The molecule has 3 aromatic rings. The van der Waals surface area contributed by atoms with E-state index in [9.17, 15) is 14.4 Å². The van der Waals surface area contributed by atoms with Crippen LogP contribution >= 0.6 is 11.3 Å². The number of rotatable bonds is 7. The number of hydrogen-bond acceptors (Lipinski definition) is 7. The Balaban J connectivity index is 1.60. The predicted molar refractivity (Wildman–Crippen MR) is 116 cm³/mol. The third kappa shape index (κ3) is 6.38. The van der Waals surface area contributed by atoms with Crippen LogP contribution < -0.4 is 15.4 Å².